The van der Waals surface area contributed by atoms with Crippen molar-refractivity contribution in [1.82, 2.24) is 15.1 Å². The number of Topliss-reactive ketones (excluding diaryl/α,β-unsaturated/α-hetero) is 2. The molecule has 0 aromatic heterocycles. The predicted molar refractivity (Wildman–Crippen MR) is 141 cm³/mol. The standard InChI is InChI=1S/C29H35N5O4/c1-12-7-17-8-19-21(10-30)34-20(25(33(19)6)23(17)27(36)13(12)2)9-18-24(22(34)11-32-29(38)16(5)31)28(37)15(4)14(3)26(18)35/h7,16,19-22,25,36H,8-9,11,31H2,1-6H3,(H,32,38)/t16-,19-,20?,21-,22-,25-/m0/s1. The molecule has 1 aliphatic carbocycles. The van der Waals surface area contributed by atoms with E-state index in [0.29, 0.717) is 28.7 Å². The smallest absolute Gasteiger partial charge is 0.236 e. The summed E-state index contributed by atoms with van der Waals surface area (Å²) in [7, 11) is 1.97. The van der Waals surface area contributed by atoms with Crippen LogP contribution in [-0.2, 0) is 20.8 Å². The number of aromatic hydroxyl groups is 1. The molecule has 1 amide bonds. The monoisotopic (exact) mass is 517 g/mol. The van der Waals surface area contributed by atoms with Gasteiger partial charge in [0.1, 0.15) is 11.8 Å². The van der Waals surface area contributed by atoms with Gasteiger partial charge in [-0.25, -0.2) is 0 Å². The molecule has 38 heavy (non-hydrogen) atoms. The van der Waals surface area contributed by atoms with Gasteiger partial charge in [-0.05, 0) is 71.2 Å². The van der Waals surface area contributed by atoms with Crippen LogP contribution in [0.3, 0.4) is 0 Å². The SMILES string of the molecule is CC1=C(C)C(=O)C2=C(CC3[C@H]4c5c(cc(C)c(C)c5O)C[C@@H]([C@H](C#N)N3[C@H]2CNC(=O)[C@H](C)N)N4C)C1=O. The van der Waals surface area contributed by atoms with Crippen molar-refractivity contribution in [2.24, 2.45) is 5.73 Å². The highest BCUT2D eigenvalue weighted by Crippen LogP contribution is 2.52. The molecule has 1 saturated heterocycles. The number of hydrogen-bond donors (Lipinski definition) is 3. The van der Waals surface area contributed by atoms with Crippen LogP contribution in [0.25, 0.3) is 0 Å². The third kappa shape index (κ3) is 3.58. The largest absolute Gasteiger partial charge is 0.507 e. The number of phenols is 1. The summed E-state index contributed by atoms with van der Waals surface area (Å²) in [5.74, 6) is -0.514. The van der Waals surface area contributed by atoms with Crippen LogP contribution < -0.4 is 11.1 Å². The summed E-state index contributed by atoms with van der Waals surface area (Å²) in [6.45, 7) is 8.82. The average molecular weight is 518 g/mol. The molecule has 5 rings (SSSR count). The van der Waals surface area contributed by atoms with E-state index < -0.39 is 18.1 Å². The Bertz CT molecular complexity index is 1380. The summed E-state index contributed by atoms with van der Waals surface area (Å²) < 4.78 is 0. The molecule has 2 bridgehead atoms. The van der Waals surface area contributed by atoms with E-state index in [9.17, 15) is 24.8 Å². The van der Waals surface area contributed by atoms with E-state index in [1.807, 2.05) is 25.8 Å². The van der Waals surface area contributed by atoms with Crippen molar-refractivity contribution in [3.05, 3.63) is 50.6 Å². The van der Waals surface area contributed by atoms with Gasteiger partial charge in [-0.2, -0.15) is 5.26 Å². The maximum Gasteiger partial charge on any atom is 0.236 e. The number of nitriles is 1. The van der Waals surface area contributed by atoms with E-state index in [4.69, 9.17) is 5.73 Å². The Balaban J connectivity index is 1.72. The second kappa shape index (κ2) is 9.16. The van der Waals surface area contributed by atoms with Crippen molar-refractivity contribution in [2.75, 3.05) is 13.6 Å². The molecular weight excluding hydrogens is 482 g/mol. The van der Waals surface area contributed by atoms with E-state index >= 15 is 0 Å². The van der Waals surface area contributed by atoms with E-state index in [1.165, 1.54) is 0 Å². The number of piperazine rings is 1. The van der Waals surface area contributed by atoms with Gasteiger partial charge < -0.3 is 16.2 Å². The van der Waals surface area contributed by atoms with E-state index in [1.54, 1.807) is 20.8 Å². The number of likely N-dealkylation sites (N-methyl/N-ethyl adjacent to an activating group) is 1. The van der Waals surface area contributed by atoms with Crippen molar-refractivity contribution in [3.8, 4) is 11.8 Å². The fourth-order valence-corrected chi connectivity index (χ4v) is 6.93. The van der Waals surface area contributed by atoms with Crippen LogP contribution in [-0.4, -0.2) is 76.2 Å². The number of allylic oxidation sites excluding steroid dienone is 2. The predicted octanol–water partition coefficient (Wildman–Crippen LogP) is 1.50. The maximum atomic E-state index is 13.7. The van der Waals surface area contributed by atoms with Gasteiger partial charge in [-0.15, -0.1) is 0 Å². The molecule has 4 aliphatic rings. The fraction of sp³-hybridized carbons (Fsp3) is 0.517. The van der Waals surface area contributed by atoms with Gasteiger partial charge >= 0.3 is 0 Å². The molecule has 200 valence electrons. The lowest BCUT2D eigenvalue weighted by molar-refractivity contribution is -0.124. The number of phenolic OH excluding ortho intramolecular Hbond substituents is 1. The first kappa shape index (κ1) is 26.3. The van der Waals surface area contributed by atoms with Gasteiger partial charge in [0.15, 0.2) is 11.6 Å². The first-order valence-corrected chi connectivity index (χ1v) is 13.1. The number of benzene rings is 1. The molecule has 9 nitrogen and oxygen atoms in total. The van der Waals surface area contributed by atoms with Crippen LogP contribution in [0, 0.1) is 25.2 Å². The summed E-state index contributed by atoms with van der Waals surface area (Å²) in [5.41, 5.74) is 11.1. The van der Waals surface area contributed by atoms with Gasteiger partial charge in [0.05, 0.1) is 24.2 Å². The molecule has 3 heterocycles. The lowest BCUT2D eigenvalue weighted by Crippen LogP contribution is -2.71. The number of rotatable bonds is 3. The zero-order valence-electron chi connectivity index (χ0n) is 22.8. The Morgan fingerprint density at radius 2 is 1.84 bits per heavy atom. The normalized spacial score (nSPS) is 29.9. The lowest BCUT2D eigenvalue weighted by atomic mass is 9.69. The maximum absolute atomic E-state index is 13.7. The molecular formula is C29H35N5O4. The Morgan fingerprint density at radius 3 is 2.47 bits per heavy atom. The van der Waals surface area contributed by atoms with Gasteiger partial charge in [0, 0.05) is 46.5 Å². The molecule has 6 atom stereocenters. The molecule has 1 aromatic carbocycles. The van der Waals surface area contributed by atoms with Crippen molar-refractivity contribution in [3.63, 3.8) is 0 Å². The first-order valence-electron chi connectivity index (χ1n) is 13.1. The molecule has 3 aliphatic heterocycles. The molecule has 9 heteroatoms. The molecule has 0 radical (unpaired) electrons. The van der Waals surface area contributed by atoms with Gasteiger partial charge in [-0.3, -0.25) is 24.2 Å². The number of hydrogen-bond acceptors (Lipinski definition) is 8. The first-order chi connectivity index (χ1) is 17.9. The van der Waals surface area contributed by atoms with Crippen LogP contribution in [0.5, 0.6) is 5.75 Å². The second-order valence-corrected chi connectivity index (χ2v) is 11.3. The highest BCUT2D eigenvalue weighted by molar-refractivity contribution is 6.25. The second-order valence-electron chi connectivity index (χ2n) is 11.3. The van der Waals surface area contributed by atoms with E-state index in [2.05, 4.69) is 22.4 Å². The molecule has 0 saturated carbocycles. The topological polar surface area (TPSA) is 140 Å². The third-order valence-electron chi connectivity index (χ3n) is 9.27. The molecule has 1 unspecified atom stereocenters. The fourth-order valence-electron chi connectivity index (χ4n) is 6.93. The molecule has 0 spiro atoms. The number of nitrogens with one attached hydrogen (secondary N) is 1. The zero-order chi connectivity index (χ0) is 27.8. The molecule has 1 fully saturated rings. The summed E-state index contributed by atoms with van der Waals surface area (Å²) >= 11 is 0. The summed E-state index contributed by atoms with van der Waals surface area (Å²) in [6, 6.07) is 1.71. The number of ketones is 2. The van der Waals surface area contributed by atoms with E-state index in [0.717, 1.165) is 22.3 Å². The summed E-state index contributed by atoms with van der Waals surface area (Å²) in [5, 5.41) is 24.7. The van der Waals surface area contributed by atoms with Gasteiger partial charge in [0.25, 0.3) is 0 Å². The van der Waals surface area contributed by atoms with Crippen molar-refractivity contribution >= 4 is 17.5 Å². The lowest BCUT2D eigenvalue weighted by Gasteiger charge is -2.60. The summed E-state index contributed by atoms with van der Waals surface area (Å²) in [4.78, 5) is 43.9. The van der Waals surface area contributed by atoms with Gasteiger partial charge in [-0.1, -0.05) is 6.07 Å². The highest BCUT2D eigenvalue weighted by atomic mass is 16.3. The molecule has 4 N–H and O–H groups in total. The Hall–Kier alpha value is -3.32. The number of carbonyl (C=O) groups is 3. The van der Waals surface area contributed by atoms with Crippen LogP contribution in [0.1, 0.15) is 55.5 Å². The Morgan fingerprint density at radius 1 is 1.18 bits per heavy atom. The minimum Gasteiger partial charge on any atom is -0.507 e. The summed E-state index contributed by atoms with van der Waals surface area (Å²) in [6.07, 6.45) is 0.835. The number of nitrogens with two attached hydrogens (primary N) is 1. The van der Waals surface area contributed by atoms with Gasteiger partial charge in [0.2, 0.25) is 5.91 Å². The Kier molecular flexibility index (Phi) is 6.33. The number of fused-ring (bicyclic) bond motifs is 6. The average Bonchev–Trinajstić information content (AvgIpc) is 2.88. The highest BCUT2D eigenvalue weighted by Gasteiger charge is 2.57. The van der Waals surface area contributed by atoms with Crippen molar-refractivity contribution in [1.29, 1.82) is 5.26 Å². The minimum absolute atomic E-state index is 0.0498. The van der Waals surface area contributed by atoms with Crippen LogP contribution >= 0.6 is 0 Å². The number of amides is 1. The van der Waals surface area contributed by atoms with Crippen molar-refractivity contribution in [2.45, 2.75) is 83.7 Å². The van der Waals surface area contributed by atoms with Crippen molar-refractivity contribution < 1.29 is 19.5 Å². The number of carbonyl (C=O) groups excluding carboxylic acids is 3. The van der Waals surface area contributed by atoms with Crippen LogP contribution in [0.15, 0.2) is 28.4 Å². The van der Waals surface area contributed by atoms with Crippen LogP contribution in [0.2, 0.25) is 0 Å². The quantitative estimate of drug-likeness (QED) is 0.513. The minimum atomic E-state index is -0.746. The third-order valence-corrected chi connectivity index (χ3v) is 9.27. The van der Waals surface area contributed by atoms with Crippen LogP contribution in [0.4, 0.5) is 0 Å². The number of nitrogens with zero attached hydrogens (tertiary/aromatic N) is 3. The Labute approximate surface area is 223 Å². The van der Waals surface area contributed by atoms with E-state index in [-0.39, 0.29) is 54.3 Å². The zero-order valence-corrected chi connectivity index (χ0v) is 22.8. The molecule has 1 aromatic rings. The number of aryl methyl sites for hydroxylation is 1.